The molecule has 0 spiro atoms. The number of hydrogen-bond acceptors (Lipinski definition) is 3. The van der Waals surface area contributed by atoms with Gasteiger partial charge in [-0.3, -0.25) is 4.79 Å². The Morgan fingerprint density at radius 2 is 1.74 bits per heavy atom. The third-order valence-electron chi connectivity index (χ3n) is 3.75. The van der Waals surface area contributed by atoms with E-state index in [9.17, 15) is 4.79 Å². The van der Waals surface area contributed by atoms with Crippen molar-refractivity contribution in [3.63, 3.8) is 0 Å². The van der Waals surface area contributed by atoms with Gasteiger partial charge in [-0.1, -0.05) is 38.1 Å². The predicted octanol–water partition coefficient (Wildman–Crippen LogP) is 3.54. The van der Waals surface area contributed by atoms with E-state index in [1.807, 2.05) is 0 Å². The normalized spacial score (nSPS) is 12.5. The molecule has 0 aliphatic carbocycles. The molecule has 3 rings (SSSR count). The minimum absolute atomic E-state index is 0.116. The van der Waals surface area contributed by atoms with Crippen molar-refractivity contribution in [1.29, 1.82) is 0 Å². The van der Waals surface area contributed by atoms with Gasteiger partial charge in [0.2, 0.25) is 6.79 Å². The van der Waals surface area contributed by atoms with Crippen LogP contribution in [0.15, 0.2) is 42.5 Å². The van der Waals surface area contributed by atoms with Crippen molar-refractivity contribution in [2.45, 2.75) is 26.8 Å². The van der Waals surface area contributed by atoms with Gasteiger partial charge in [0.15, 0.2) is 11.5 Å². The fourth-order valence-corrected chi connectivity index (χ4v) is 2.59. The van der Waals surface area contributed by atoms with E-state index >= 15 is 0 Å². The highest BCUT2D eigenvalue weighted by molar-refractivity contribution is 5.94. The van der Waals surface area contributed by atoms with Gasteiger partial charge >= 0.3 is 0 Å². The average molecular weight is 311 g/mol. The maximum absolute atomic E-state index is 12.2. The van der Waals surface area contributed by atoms with Gasteiger partial charge in [-0.2, -0.15) is 0 Å². The molecule has 1 aliphatic heterocycles. The molecule has 0 aromatic heterocycles. The van der Waals surface area contributed by atoms with E-state index < -0.39 is 0 Å². The number of rotatable bonds is 5. The second-order valence-corrected chi connectivity index (χ2v) is 6.17. The Kier molecular flexibility index (Phi) is 4.51. The molecule has 4 nitrogen and oxygen atoms in total. The standard InChI is InChI=1S/C19H21NO3/c1-13(2)9-14-3-5-15(6-4-14)11-20-19(21)16-7-8-17-18(10-16)23-12-22-17/h3-8,10,13H,9,11-12H2,1-2H3,(H,20,21). The molecule has 120 valence electrons. The Morgan fingerprint density at radius 1 is 1.04 bits per heavy atom. The molecule has 2 aromatic carbocycles. The van der Waals surface area contributed by atoms with Crippen molar-refractivity contribution >= 4 is 5.91 Å². The lowest BCUT2D eigenvalue weighted by Crippen LogP contribution is -2.22. The van der Waals surface area contributed by atoms with Crippen molar-refractivity contribution in [3.05, 3.63) is 59.2 Å². The zero-order valence-corrected chi connectivity index (χ0v) is 13.5. The monoisotopic (exact) mass is 311 g/mol. The van der Waals surface area contributed by atoms with Crippen molar-refractivity contribution in [2.24, 2.45) is 5.92 Å². The summed E-state index contributed by atoms with van der Waals surface area (Å²) in [5.74, 6) is 1.83. The highest BCUT2D eigenvalue weighted by Crippen LogP contribution is 2.32. The van der Waals surface area contributed by atoms with Crippen LogP contribution in [0.1, 0.15) is 35.3 Å². The Hall–Kier alpha value is -2.49. The second kappa shape index (κ2) is 6.73. The lowest BCUT2D eigenvalue weighted by molar-refractivity contribution is 0.0950. The highest BCUT2D eigenvalue weighted by atomic mass is 16.7. The molecule has 0 radical (unpaired) electrons. The van der Waals surface area contributed by atoms with Crippen LogP contribution >= 0.6 is 0 Å². The number of hydrogen-bond donors (Lipinski definition) is 1. The molecule has 4 heteroatoms. The second-order valence-electron chi connectivity index (χ2n) is 6.17. The van der Waals surface area contributed by atoms with Gasteiger partial charge < -0.3 is 14.8 Å². The summed E-state index contributed by atoms with van der Waals surface area (Å²) in [7, 11) is 0. The quantitative estimate of drug-likeness (QED) is 0.918. The molecule has 0 saturated carbocycles. The summed E-state index contributed by atoms with van der Waals surface area (Å²) in [6.07, 6.45) is 1.07. The number of ether oxygens (including phenoxy) is 2. The minimum Gasteiger partial charge on any atom is -0.454 e. The van der Waals surface area contributed by atoms with Crippen LogP contribution in [0.2, 0.25) is 0 Å². The van der Waals surface area contributed by atoms with Gasteiger partial charge in [0.25, 0.3) is 5.91 Å². The fourth-order valence-electron chi connectivity index (χ4n) is 2.59. The Morgan fingerprint density at radius 3 is 2.48 bits per heavy atom. The summed E-state index contributed by atoms with van der Waals surface area (Å²) >= 11 is 0. The van der Waals surface area contributed by atoms with Crippen molar-refractivity contribution in [2.75, 3.05) is 6.79 Å². The average Bonchev–Trinajstić information content (AvgIpc) is 3.01. The van der Waals surface area contributed by atoms with Crippen LogP contribution in [0, 0.1) is 5.92 Å². The van der Waals surface area contributed by atoms with Gasteiger partial charge in [0.05, 0.1) is 0 Å². The molecule has 1 N–H and O–H groups in total. The van der Waals surface area contributed by atoms with Gasteiger partial charge in [0, 0.05) is 12.1 Å². The van der Waals surface area contributed by atoms with E-state index in [1.165, 1.54) is 5.56 Å². The number of nitrogens with one attached hydrogen (secondary N) is 1. The van der Waals surface area contributed by atoms with E-state index in [0.717, 1.165) is 12.0 Å². The molecule has 0 bridgehead atoms. The molecule has 1 aliphatic rings. The molecule has 0 atom stereocenters. The summed E-state index contributed by atoms with van der Waals surface area (Å²) in [5.41, 5.74) is 2.99. The van der Waals surface area contributed by atoms with Gasteiger partial charge in [-0.05, 0) is 41.7 Å². The van der Waals surface area contributed by atoms with E-state index in [-0.39, 0.29) is 12.7 Å². The van der Waals surface area contributed by atoms with Crippen LogP contribution < -0.4 is 14.8 Å². The molecule has 2 aromatic rings. The lowest BCUT2D eigenvalue weighted by Gasteiger charge is -2.08. The van der Waals surface area contributed by atoms with E-state index in [2.05, 4.69) is 43.4 Å². The van der Waals surface area contributed by atoms with Crippen molar-refractivity contribution < 1.29 is 14.3 Å². The number of amides is 1. The summed E-state index contributed by atoms with van der Waals surface area (Å²) < 4.78 is 10.5. The molecule has 23 heavy (non-hydrogen) atoms. The Bertz CT molecular complexity index is 692. The van der Waals surface area contributed by atoms with E-state index in [4.69, 9.17) is 9.47 Å². The molecule has 1 amide bonds. The van der Waals surface area contributed by atoms with Crippen LogP contribution in [0.25, 0.3) is 0 Å². The highest BCUT2D eigenvalue weighted by Gasteiger charge is 2.16. The summed E-state index contributed by atoms with van der Waals surface area (Å²) in [6.45, 7) is 5.14. The smallest absolute Gasteiger partial charge is 0.251 e. The molecular formula is C19H21NO3. The third kappa shape index (κ3) is 3.83. The molecular weight excluding hydrogens is 290 g/mol. The number of carbonyl (C=O) groups is 1. The van der Waals surface area contributed by atoms with Crippen molar-refractivity contribution in [3.8, 4) is 11.5 Å². The molecule has 0 saturated heterocycles. The first kappa shape index (κ1) is 15.4. The lowest BCUT2D eigenvalue weighted by atomic mass is 10.0. The first-order valence-electron chi connectivity index (χ1n) is 7.87. The topological polar surface area (TPSA) is 47.6 Å². The van der Waals surface area contributed by atoms with Crippen LogP contribution in [0.3, 0.4) is 0 Å². The molecule has 0 fully saturated rings. The minimum atomic E-state index is -0.116. The number of carbonyl (C=O) groups excluding carboxylic acids is 1. The fraction of sp³-hybridized carbons (Fsp3) is 0.316. The van der Waals surface area contributed by atoms with Gasteiger partial charge in [-0.15, -0.1) is 0 Å². The van der Waals surface area contributed by atoms with Gasteiger partial charge in [0.1, 0.15) is 0 Å². The number of benzene rings is 2. The Labute approximate surface area is 136 Å². The van der Waals surface area contributed by atoms with Crippen molar-refractivity contribution in [1.82, 2.24) is 5.32 Å². The van der Waals surface area contributed by atoms with Crippen LogP contribution in [0.4, 0.5) is 0 Å². The zero-order chi connectivity index (χ0) is 16.2. The number of fused-ring (bicyclic) bond motifs is 1. The maximum atomic E-state index is 12.2. The SMILES string of the molecule is CC(C)Cc1ccc(CNC(=O)c2ccc3c(c2)OCO3)cc1. The molecule has 0 unspecified atom stereocenters. The summed E-state index contributed by atoms with van der Waals surface area (Å²) in [4.78, 5) is 12.2. The largest absolute Gasteiger partial charge is 0.454 e. The maximum Gasteiger partial charge on any atom is 0.251 e. The summed E-state index contributed by atoms with van der Waals surface area (Å²) in [5, 5.41) is 2.93. The molecule has 1 heterocycles. The van der Waals surface area contributed by atoms with Crippen LogP contribution in [-0.4, -0.2) is 12.7 Å². The zero-order valence-electron chi connectivity index (χ0n) is 13.5. The Balaban J connectivity index is 1.58. The van der Waals surface area contributed by atoms with Crippen LogP contribution in [0.5, 0.6) is 11.5 Å². The predicted molar refractivity (Wildman–Crippen MR) is 88.7 cm³/mol. The van der Waals surface area contributed by atoms with E-state index in [0.29, 0.717) is 29.5 Å². The van der Waals surface area contributed by atoms with E-state index in [1.54, 1.807) is 18.2 Å². The summed E-state index contributed by atoms with van der Waals surface area (Å²) in [6, 6.07) is 13.6. The van der Waals surface area contributed by atoms with Crippen LogP contribution in [-0.2, 0) is 13.0 Å². The first-order valence-corrected chi connectivity index (χ1v) is 7.87. The third-order valence-corrected chi connectivity index (χ3v) is 3.75. The first-order chi connectivity index (χ1) is 11.1. The van der Waals surface area contributed by atoms with Gasteiger partial charge in [-0.25, -0.2) is 0 Å².